The van der Waals surface area contributed by atoms with Gasteiger partial charge in [0.1, 0.15) is 6.54 Å². The van der Waals surface area contributed by atoms with Crippen molar-refractivity contribution in [3.63, 3.8) is 0 Å². The van der Waals surface area contributed by atoms with Gasteiger partial charge < -0.3 is 14.8 Å². The molecule has 0 aliphatic heterocycles. The molecule has 35 heavy (non-hydrogen) atoms. The zero-order valence-corrected chi connectivity index (χ0v) is 22.3. The van der Waals surface area contributed by atoms with E-state index >= 15 is 0 Å². The molecule has 0 spiro atoms. The number of hydrogen-bond acceptors (Lipinski definition) is 3. The van der Waals surface area contributed by atoms with Gasteiger partial charge >= 0.3 is 0 Å². The van der Waals surface area contributed by atoms with Gasteiger partial charge in [0.05, 0.1) is 19.3 Å². The van der Waals surface area contributed by atoms with E-state index in [1.54, 1.807) is 13.2 Å². The van der Waals surface area contributed by atoms with E-state index < -0.39 is 0 Å². The standard InChI is InChI=1S/C30H46N2O3/c1-4-6-7-8-9-10-11-12-13-14-15-16-23-35-28-21-17-20-27(29(28)34-3)30(33)31-24-26-19-18-22-32(5-2)25-26/h17-22,25H,4-16,23-24H2,1-3H3/p+1. The molecule has 0 saturated carbocycles. The molecule has 0 aliphatic rings. The molecular weight excluding hydrogens is 436 g/mol. The average Bonchev–Trinajstić information content (AvgIpc) is 2.89. The Morgan fingerprint density at radius 2 is 1.51 bits per heavy atom. The zero-order valence-electron chi connectivity index (χ0n) is 22.3. The summed E-state index contributed by atoms with van der Waals surface area (Å²) in [4.78, 5) is 12.8. The second-order valence-electron chi connectivity index (χ2n) is 9.30. The number of amides is 1. The number of hydrogen-bond donors (Lipinski definition) is 1. The number of benzene rings is 1. The lowest BCUT2D eigenvalue weighted by atomic mass is 10.1. The van der Waals surface area contributed by atoms with Crippen LogP contribution < -0.4 is 19.4 Å². The number of nitrogens with one attached hydrogen (secondary N) is 1. The van der Waals surface area contributed by atoms with Crippen molar-refractivity contribution in [2.45, 2.75) is 104 Å². The fourth-order valence-electron chi connectivity index (χ4n) is 4.30. The van der Waals surface area contributed by atoms with Gasteiger partial charge in [0.25, 0.3) is 5.91 Å². The van der Waals surface area contributed by atoms with E-state index in [9.17, 15) is 4.79 Å². The summed E-state index contributed by atoms with van der Waals surface area (Å²) < 4.78 is 13.6. The fraction of sp³-hybridized carbons (Fsp3) is 0.600. The molecule has 1 N–H and O–H groups in total. The largest absolute Gasteiger partial charge is 0.492 e. The Kier molecular flexibility index (Phi) is 14.6. The number of nitrogens with zero attached hydrogens (tertiary/aromatic N) is 1. The van der Waals surface area contributed by atoms with Gasteiger partial charge in [-0.25, -0.2) is 4.57 Å². The van der Waals surface area contributed by atoms with Crippen molar-refractivity contribution in [1.82, 2.24) is 5.32 Å². The third-order valence-electron chi connectivity index (χ3n) is 6.42. The maximum atomic E-state index is 12.8. The summed E-state index contributed by atoms with van der Waals surface area (Å²) in [6.07, 6.45) is 19.9. The SMILES string of the molecule is CCCCCCCCCCCCCCOc1cccc(C(=O)NCc2ccc[n+](CC)c2)c1OC. The summed E-state index contributed by atoms with van der Waals surface area (Å²) >= 11 is 0. The van der Waals surface area contributed by atoms with E-state index in [1.807, 2.05) is 36.7 Å². The highest BCUT2D eigenvalue weighted by atomic mass is 16.5. The Hall–Kier alpha value is -2.56. The second kappa shape index (κ2) is 17.8. The van der Waals surface area contributed by atoms with Gasteiger partial charge in [0, 0.05) is 18.2 Å². The van der Waals surface area contributed by atoms with Crippen LogP contribution in [0, 0.1) is 0 Å². The Morgan fingerprint density at radius 3 is 2.14 bits per heavy atom. The number of ether oxygens (including phenoxy) is 2. The van der Waals surface area contributed by atoms with E-state index in [0.717, 1.165) is 18.5 Å². The normalized spacial score (nSPS) is 10.8. The van der Waals surface area contributed by atoms with Crippen LogP contribution in [0.3, 0.4) is 0 Å². The second-order valence-corrected chi connectivity index (χ2v) is 9.30. The maximum absolute atomic E-state index is 12.8. The van der Waals surface area contributed by atoms with Crippen molar-refractivity contribution in [3.05, 3.63) is 53.9 Å². The maximum Gasteiger partial charge on any atom is 0.255 e. The summed E-state index contributed by atoms with van der Waals surface area (Å²) in [6, 6.07) is 9.51. The number of carbonyl (C=O) groups is 1. The summed E-state index contributed by atoms with van der Waals surface area (Å²) in [7, 11) is 1.59. The zero-order chi connectivity index (χ0) is 25.1. The number of carbonyl (C=O) groups excluding carboxylic acids is 1. The fourth-order valence-corrected chi connectivity index (χ4v) is 4.30. The lowest BCUT2D eigenvalue weighted by Crippen LogP contribution is -2.32. The van der Waals surface area contributed by atoms with E-state index in [2.05, 4.69) is 23.7 Å². The van der Waals surface area contributed by atoms with Crippen LogP contribution in [0.15, 0.2) is 42.7 Å². The lowest BCUT2D eigenvalue weighted by Gasteiger charge is -2.14. The molecule has 0 saturated heterocycles. The van der Waals surface area contributed by atoms with Crippen LogP contribution in [0.4, 0.5) is 0 Å². The molecule has 2 rings (SSSR count). The number of methoxy groups -OCH3 is 1. The molecule has 1 amide bonds. The van der Waals surface area contributed by atoms with Gasteiger partial charge in [-0.2, -0.15) is 0 Å². The first-order valence-corrected chi connectivity index (χ1v) is 13.8. The number of unbranched alkanes of at least 4 members (excludes halogenated alkanes) is 11. The molecule has 0 bridgehead atoms. The first-order chi connectivity index (χ1) is 17.2. The van der Waals surface area contributed by atoms with Gasteiger partial charge in [-0.15, -0.1) is 0 Å². The summed E-state index contributed by atoms with van der Waals surface area (Å²) in [6.45, 7) is 6.36. The van der Waals surface area contributed by atoms with Gasteiger partial charge in [-0.3, -0.25) is 4.79 Å². The van der Waals surface area contributed by atoms with Crippen molar-refractivity contribution >= 4 is 5.91 Å². The lowest BCUT2D eigenvalue weighted by molar-refractivity contribution is -0.694. The number of para-hydroxylation sites is 1. The van der Waals surface area contributed by atoms with Crippen LogP contribution in [0.2, 0.25) is 0 Å². The molecule has 2 aromatic rings. The molecule has 1 aromatic heterocycles. The summed E-state index contributed by atoms with van der Waals surface area (Å²) in [5.41, 5.74) is 1.56. The summed E-state index contributed by atoms with van der Waals surface area (Å²) in [5, 5.41) is 3.00. The Labute approximate surface area is 213 Å². The van der Waals surface area contributed by atoms with Crippen molar-refractivity contribution in [1.29, 1.82) is 0 Å². The van der Waals surface area contributed by atoms with Crippen LogP contribution in [0.1, 0.15) is 107 Å². The van der Waals surface area contributed by atoms with Crippen LogP contribution in [-0.2, 0) is 13.1 Å². The molecule has 0 aliphatic carbocycles. The summed E-state index contributed by atoms with van der Waals surface area (Å²) in [5.74, 6) is 0.969. The van der Waals surface area contributed by atoms with Gasteiger partial charge in [-0.1, -0.05) is 83.6 Å². The number of aryl methyl sites for hydroxylation is 1. The topological polar surface area (TPSA) is 51.4 Å². The monoisotopic (exact) mass is 483 g/mol. The van der Waals surface area contributed by atoms with Gasteiger partial charge in [0.15, 0.2) is 23.9 Å². The van der Waals surface area contributed by atoms with Crippen LogP contribution >= 0.6 is 0 Å². The van der Waals surface area contributed by atoms with E-state index in [1.165, 1.54) is 70.6 Å². The molecular formula is C30H47N2O3+. The van der Waals surface area contributed by atoms with Crippen molar-refractivity contribution in [2.24, 2.45) is 0 Å². The Balaban J connectivity index is 1.68. The van der Waals surface area contributed by atoms with Gasteiger partial charge in [0.2, 0.25) is 0 Å². The Morgan fingerprint density at radius 1 is 0.857 bits per heavy atom. The Bertz CT molecular complexity index is 853. The van der Waals surface area contributed by atoms with E-state index in [0.29, 0.717) is 30.2 Å². The number of pyridine rings is 1. The van der Waals surface area contributed by atoms with Gasteiger partial charge in [-0.05, 0) is 31.5 Å². The smallest absolute Gasteiger partial charge is 0.255 e. The van der Waals surface area contributed by atoms with E-state index in [4.69, 9.17) is 9.47 Å². The van der Waals surface area contributed by atoms with Crippen LogP contribution in [-0.4, -0.2) is 19.6 Å². The quantitative estimate of drug-likeness (QED) is 0.173. The number of aromatic nitrogens is 1. The predicted molar refractivity (Wildman–Crippen MR) is 143 cm³/mol. The molecule has 0 fully saturated rings. The minimum absolute atomic E-state index is 0.162. The highest BCUT2D eigenvalue weighted by Gasteiger charge is 2.17. The minimum atomic E-state index is -0.162. The average molecular weight is 484 g/mol. The van der Waals surface area contributed by atoms with Crippen LogP contribution in [0.25, 0.3) is 0 Å². The molecule has 0 radical (unpaired) electrons. The molecule has 1 heterocycles. The molecule has 194 valence electrons. The molecule has 0 atom stereocenters. The minimum Gasteiger partial charge on any atom is -0.492 e. The van der Waals surface area contributed by atoms with Crippen molar-refractivity contribution in [2.75, 3.05) is 13.7 Å². The third-order valence-corrected chi connectivity index (χ3v) is 6.42. The van der Waals surface area contributed by atoms with Crippen molar-refractivity contribution in [3.8, 4) is 11.5 Å². The molecule has 0 unspecified atom stereocenters. The highest BCUT2D eigenvalue weighted by molar-refractivity contribution is 5.97. The molecule has 5 nitrogen and oxygen atoms in total. The first kappa shape index (κ1) is 28.7. The van der Waals surface area contributed by atoms with E-state index in [-0.39, 0.29) is 5.91 Å². The molecule has 5 heteroatoms. The third kappa shape index (κ3) is 11.1. The van der Waals surface area contributed by atoms with Crippen molar-refractivity contribution < 1.29 is 18.8 Å². The number of rotatable bonds is 19. The van der Waals surface area contributed by atoms with Crippen LogP contribution in [0.5, 0.6) is 11.5 Å². The highest BCUT2D eigenvalue weighted by Crippen LogP contribution is 2.31. The molecule has 1 aromatic carbocycles. The predicted octanol–water partition coefficient (Wildman–Crippen LogP) is 7.01. The first-order valence-electron chi connectivity index (χ1n) is 13.8.